The number of carbonyl (C=O) groups is 1. The van der Waals surface area contributed by atoms with E-state index < -0.39 is 5.41 Å². The molecule has 4 nitrogen and oxygen atoms in total. The molecule has 4 rings (SSSR count). The van der Waals surface area contributed by atoms with E-state index in [2.05, 4.69) is 18.7 Å². The van der Waals surface area contributed by atoms with E-state index in [0.29, 0.717) is 11.4 Å². The van der Waals surface area contributed by atoms with E-state index >= 15 is 0 Å². The van der Waals surface area contributed by atoms with E-state index in [1.54, 1.807) is 0 Å². The van der Waals surface area contributed by atoms with Gasteiger partial charge in [0.1, 0.15) is 11.9 Å². The number of likely N-dealkylation sites (tertiary alicyclic amines) is 1. The summed E-state index contributed by atoms with van der Waals surface area (Å²) in [5.41, 5.74) is 7.04. The van der Waals surface area contributed by atoms with E-state index in [1.807, 2.05) is 84.9 Å². The molecule has 1 heterocycles. The summed E-state index contributed by atoms with van der Waals surface area (Å²) in [5.74, 6) is 0.529. The van der Waals surface area contributed by atoms with Gasteiger partial charge in [0.15, 0.2) is 0 Å². The second kappa shape index (κ2) is 10.2. The van der Waals surface area contributed by atoms with Crippen LogP contribution >= 0.6 is 11.6 Å². The number of nitrogens with two attached hydrogens (primary N) is 1. The first-order chi connectivity index (χ1) is 16.3. The molecule has 0 saturated carbocycles. The van der Waals surface area contributed by atoms with Crippen molar-refractivity contribution in [3.63, 3.8) is 0 Å². The van der Waals surface area contributed by atoms with Crippen molar-refractivity contribution in [2.24, 2.45) is 5.73 Å². The predicted octanol–water partition coefficient (Wildman–Crippen LogP) is 5.82. The molecule has 2 N–H and O–H groups in total. The maximum absolute atomic E-state index is 13.1. The quantitative estimate of drug-likeness (QED) is 0.423. The molecule has 1 fully saturated rings. The van der Waals surface area contributed by atoms with E-state index in [1.165, 1.54) is 0 Å². The van der Waals surface area contributed by atoms with Crippen molar-refractivity contribution in [1.82, 2.24) is 4.90 Å². The summed E-state index contributed by atoms with van der Waals surface area (Å²) in [6.45, 7) is 6.29. The van der Waals surface area contributed by atoms with Gasteiger partial charge in [-0.3, -0.25) is 9.69 Å². The van der Waals surface area contributed by atoms with Gasteiger partial charge < -0.3 is 10.5 Å². The lowest BCUT2D eigenvalue weighted by atomic mass is 9.69. The number of nitrogens with zero attached hydrogens (tertiary/aromatic N) is 1. The highest BCUT2D eigenvalue weighted by molar-refractivity contribution is 6.30. The SMILES string of the molecule is CC(C)(CCC(C(N)=O)(c1ccccc1)c1ccccc1)N1CC[C@H](Oc2ccc(Cl)cc2)C1. The molecule has 34 heavy (non-hydrogen) atoms. The van der Waals surface area contributed by atoms with Gasteiger partial charge in [-0.25, -0.2) is 0 Å². The van der Waals surface area contributed by atoms with Gasteiger partial charge in [0.05, 0.1) is 5.41 Å². The molecule has 0 unspecified atom stereocenters. The second-order valence-electron chi connectivity index (χ2n) is 9.74. The highest BCUT2D eigenvalue weighted by Gasteiger charge is 2.43. The molecule has 1 amide bonds. The third-order valence-electron chi connectivity index (χ3n) is 7.18. The first kappa shape index (κ1) is 24.3. The van der Waals surface area contributed by atoms with Crippen molar-refractivity contribution in [3.8, 4) is 5.75 Å². The Kier molecular flexibility index (Phi) is 7.30. The number of halogens is 1. The van der Waals surface area contributed by atoms with Gasteiger partial charge in [0.25, 0.3) is 0 Å². The molecular formula is C29H33ClN2O2. The van der Waals surface area contributed by atoms with Gasteiger partial charge in [-0.05, 0) is 68.5 Å². The first-order valence-electron chi connectivity index (χ1n) is 11.9. The standard InChI is InChI=1S/C29H33ClN2O2/c1-28(2,32-20-17-26(21-32)34-25-15-13-24(30)14-16-25)18-19-29(27(31)33,22-9-5-3-6-10-22)23-11-7-4-8-12-23/h3-16,26H,17-21H2,1-2H3,(H2,31,33)/t26-/m0/s1. The first-order valence-corrected chi connectivity index (χ1v) is 12.3. The average molecular weight is 477 g/mol. The Morgan fingerprint density at radius 2 is 1.50 bits per heavy atom. The van der Waals surface area contributed by atoms with Crippen LogP contribution in [0.4, 0.5) is 0 Å². The molecule has 0 bridgehead atoms. The number of ether oxygens (including phenoxy) is 1. The molecule has 0 aliphatic carbocycles. The minimum absolute atomic E-state index is 0.123. The second-order valence-corrected chi connectivity index (χ2v) is 10.2. The lowest BCUT2D eigenvalue weighted by Crippen LogP contribution is -2.47. The number of carbonyl (C=O) groups excluding carboxylic acids is 1. The van der Waals surface area contributed by atoms with Crippen molar-refractivity contribution >= 4 is 17.5 Å². The minimum atomic E-state index is -0.876. The topological polar surface area (TPSA) is 55.6 Å². The van der Waals surface area contributed by atoms with E-state index in [-0.39, 0.29) is 17.6 Å². The summed E-state index contributed by atoms with van der Waals surface area (Å²) < 4.78 is 6.20. The Morgan fingerprint density at radius 3 is 2.03 bits per heavy atom. The fraction of sp³-hybridized carbons (Fsp3) is 0.345. The maximum atomic E-state index is 13.1. The zero-order valence-corrected chi connectivity index (χ0v) is 20.7. The smallest absolute Gasteiger partial charge is 0.232 e. The fourth-order valence-electron chi connectivity index (χ4n) is 5.04. The summed E-state index contributed by atoms with van der Waals surface area (Å²) in [4.78, 5) is 15.6. The normalized spacial score (nSPS) is 17.0. The zero-order chi connectivity index (χ0) is 24.2. The summed E-state index contributed by atoms with van der Waals surface area (Å²) in [6.07, 6.45) is 2.53. The lowest BCUT2D eigenvalue weighted by molar-refractivity contribution is -0.122. The van der Waals surface area contributed by atoms with Crippen molar-refractivity contribution < 1.29 is 9.53 Å². The van der Waals surface area contributed by atoms with Crippen LogP contribution in [0.5, 0.6) is 5.75 Å². The highest BCUT2D eigenvalue weighted by Crippen LogP contribution is 2.40. The third kappa shape index (κ3) is 5.13. The summed E-state index contributed by atoms with van der Waals surface area (Å²) in [5, 5.41) is 0.705. The molecule has 0 radical (unpaired) electrons. The number of hydrogen-bond acceptors (Lipinski definition) is 3. The maximum Gasteiger partial charge on any atom is 0.232 e. The molecule has 178 valence electrons. The monoisotopic (exact) mass is 476 g/mol. The van der Waals surface area contributed by atoms with Crippen LogP contribution in [0, 0.1) is 0 Å². The molecule has 1 saturated heterocycles. The number of amides is 1. The van der Waals surface area contributed by atoms with Crippen LogP contribution in [0.25, 0.3) is 0 Å². The Balaban J connectivity index is 1.52. The Hall–Kier alpha value is -2.82. The van der Waals surface area contributed by atoms with Gasteiger partial charge in [-0.15, -0.1) is 0 Å². The van der Waals surface area contributed by atoms with Crippen molar-refractivity contribution in [3.05, 3.63) is 101 Å². The number of primary amides is 1. The van der Waals surface area contributed by atoms with Crippen LogP contribution < -0.4 is 10.5 Å². The van der Waals surface area contributed by atoms with Crippen molar-refractivity contribution in [1.29, 1.82) is 0 Å². The van der Waals surface area contributed by atoms with Crippen LogP contribution in [0.3, 0.4) is 0 Å². The van der Waals surface area contributed by atoms with Gasteiger partial charge in [0.2, 0.25) is 5.91 Å². The molecule has 0 spiro atoms. The van der Waals surface area contributed by atoms with Gasteiger partial charge >= 0.3 is 0 Å². The Labute approximate surface area is 207 Å². The van der Waals surface area contributed by atoms with Crippen LogP contribution in [-0.2, 0) is 10.2 Å². The molecule has 0 aromatic heterocycles. The van der Waals surface area contributed by atoms with Crippen LogP contribution in [0.2, 0.25) is 5.02 Å². The molecule has 1 atom stereocenters. The molecule has 5 heteroatoms. The fourth-order valence-corrected chi connectivity index (χ4v) is 5.17. The van der Waals surface area contributed by atoms with Crippen LogP contribution in [0.1, 0.15) is 44.2 Å². The van der Waals surface area contributed by atoms with E-state index in [0.717, 1.165) is 42.8 Å². The molecule has 1 aliphatic rings. The molecule has 3 aromatic rings. The van der Waals surface area contributed by atoms with Gasteiger partial charge in [-0.2, -0.15) is 0 Å². The van der Waals surface area contributed by atoms with Crippen molar-refractivity contribution in [2.75, 3.05) is 13.1 Å². The average Bonchev–Trinajstić information content (AvgIpc) is 3.32. The van der Waals surface area contributed by atoms with Crippen LogP contribution in [0.15, 0.2) is 84.9 Å². The summed E-state index contributed by atoms with van der Waals surface area (Å²) >= 11 is 6.00. The number of hydrogen-bond donors (Lipinski definition) is 1. The largest absolute Gasteiger partial charge is 0.489 e. The van der Waals surface area contributed by atoms with E-state index in [9.17, 15) is 4.79 Å². The van der Waals surface area contributed by atoms with E-state index in [4.69, 9.17) is 22.1 Å². The lowest BCUT2D eigenvalue weighted by Gasteiger charge is -2.40. The molecule has 1 aliphatic heterocycles. The minimum Gasteiger partial charge on any atom is -0.489 e. The zero-order valence-electron chi connectivity index (χ0n) is 19.9. The summed E-state index contributed by atoms with van der Waals surface area (Å²) in [7, 11) is 0. The predicted molar refractivity (Wildman–Crippen MR) is 138 cm³/mol. The molecule has 3 aromatic carbocycles. The van der Waals surface area contributed by atoms with Gasteiger partial charge in [0, 0.05) is 23.7 Å². The highest BCUT2D eigenvalue weighted by atomic mass is 35.5. The van der Waals surface area contributed by atoms with Crippen molar-refractivity contribution in [2.45, 2.75) is 50.2 Å². The molecular weight excluding hydrogens is 444 g/mol. The van der Waals surface area contributed by atoms with Crippen LogP contribution in [-0.4, -0.2) is 35.5 Å². The van der Waals surface area contributed by atoms with Gasteiger partial charge in [-0.1, -0.05) is 72.3 Å². The number of benzene rings is 3. The number of rotatable bonds is 9. The Morgan fingerprint density at radius 1 is 0.941 bits per heavy atom. The summed E-state index contributed by atoms with van der Waals surface area (Å²) in [6, 6.07) is 27.4. The third-order valence-corrected chi connectivity index (χ3v) is 7.44. The Bertz CT molecular complexity index is 1040.